The van der Waals surface area contributed by atoms with E-state index >= 15 is 0 Å². The van der Waals surface area contributed by atoms with E-state index in [1.807, 2.05) is 42.8 Å². The minimum atomic E-state index is -0.385. The number of hydrogen-bond donors (Lipinski definition) is 2. The molecule has 1 aromatic heterocycles. The summed E-state index contributed by atoms with van der Waals surface area (Å²) in [5.41, 5.74) is 3.55. The van der Waals surface area contributed by atoms with Crippen molar-refractivity contribution >= 4 is 28.5 Å². The van der Waals surface area contributed by atoms with Crippen molar-refractivity contribution in [3.8, 4) is 0 Å². The van der Waals surface area contributed by atoms with Crippen LogP contribution in [0, 0.1) is 12.8 Å². The highest BCUT2D eigenvalue weighted by Gasteiger charge is 2.54. The van der Waals surface area contributed by atoms with Crippen LogP contribution in [0.5, 0.6) is 0 Å². The smallest absolute Gasteiger partial charge is 0.238 e. The predicted molar refractivity (Wildman–Crippen MR) is 137 cm³/mol. The lowest BCUT2D eigenvalue weighted by atomic mass is 9.75. The van der Waals surface area contributed by atoms with Gasteiger partial charge in [-0.1, -0.05) is 30.3 Å². The number of imidazole rings is 1. The Kier molecular flexibility index (Phi) is 6.11. The molecule has 3 aromatic rings. The van der Waals surface area contributed by atoms with Crippen LogP contribution in [-0.2, 0) is 16.6 Å². The molecule has 3 heterocycles. The van der Waals surface area contributed by atoms with Crippen LogP contribution in [-0.4, -0.2) is 69.9 Å². The zero-order valence-electron chi connectivity index (χ0n) is 20.9. The van der Waals surface area contributed by atoms with Crippen molar-refractivity contribution in [2.24, 2.45) is 13.0 Å². The van der Waals surface area contributed by atoms with Crippen LogP contribution < -0.4 is 10.6 Å². The molecule has 5 rings (SSSR count). The standard InChI is InChI=1S/C27H34N6O2/c1-18-28-23-14-21(10-11-24(23)32(18)4)29-25(35)15-33-13-12-22-26(20-8-6-5-7-9-20)31(3)16-27(22,17-33)30-19(2)34/h5-11,14,22,26H,12-13,15-17H2,1-4H3,(H,29,35)(H,30,34)/t22-,26-,27+/m1/s1. The van der Waals surface area contributed by atoms with Gasteiger partial charge in [-0.15, -0.1) is 0 Å². The largest absolute Gasteiger partial charge is 0.348 e. The van der Waals surface area contributed by atoms with Crippen LogP contribution >= 0.6 is 0 Å². The highest BCUT2D eigenvalue weighted by atomic mass is 16.2. The van der Waals surface area contributed by atoms with Crippen LogP contribution in [0.4, 0.5) is 5.69 Å². The Morgan fingerprint density at radius 2 is 1.89 bits per heavy atom. The van der Waals surface area contributed by atoms with E-state index in [9.17, 15) is 9.59 Å². The molecule has 2 aromatic carbocycles. The number of piperidine rings is 1. The second-order valence-corrected chi connectivity index (χ2v) is 10.2. The second-order valence-electron chi connectivity index (χ2n) is 10.2. The van der Waals surface area contributed by atoms with Gasteiger partial charge in [-0.2, -0.15) is 0 Å². The number of nitrogens with one attached hydrogen (secondary N) is 2. The molecule has 0 saturated carbocycles. The SMILES string of the molecule is CC(=O)N[C@@]12CN(CC(=O)Nc3ccc4c(c3)nc(C)n4C)CC[C@@H]1[C@@H](c1ccccc1)N(C)C2. The molecule has 8 nitrogen and oxygen atoms in total. The van der Waals surface area contributed by atoms with Crippen LogP contribution in [0.2, 0.25) is 0 Å². The molecule has 0 spiro atoms. The van der Waals surface area contributed by atoms with E-state index in [-0.39, 0.29) is 35.9 Å². The molecule has 2 fully saturated rings. The first-order valence-corrected chi connectivity index (χ1v) is 12.2. The van der Waals surface area contributed by atoms with Crippen molar-refractivity contribution in [3.05, 3.63) is 59.9 Å². The van der Waals surface area contributed by atoms with E-state index in [4.69, 9.17) is 0 Å². The van der Waals surface area contributed by atoms with Crippen molar-refractivity contribution in [3.63, 3.8) is 0 Å². The highest BCUT2D eigenvalue weighted by molar-refractivity contribution is 5.94. The Bertz CT molecular complexity index is 1260. The molecule has 0 unspecified atom stereocenters. The third-order valence-electron chi connectivity index (χ3n) is 7.68. The van der Waals surface area contributed by atoms with Crippen molar-refractivity contribution in [1.29, 1.82) is 0 Å². The lowest BCUT2D eigenvalue weighted by Crippen LogP contribution is -2.64. The molecule has 2 aliphatic heterocycles. The Morgan fingerprint density at radius 1 is 1.11 bits per heavy atom. The normalized spacial score (nSPS) is 24.9. The van der Waals surface area contributed by atoms with Gasteiger partial charge in [0.1, 0.15) is 5.82 Å². The van der Waals surface area contributed by atoms with Crippen LogP contribution in [0.3, 0.4) is 0 Å². The number of aryl methyl sites for hydroxylation is 2. The molecule has 3 atom stereocenters. The number of rotatable bonds is 5. The van der Waals surface area contributed by atoms with Gasteiger partial charge in [0.25, 0.3) is 0 Å². The van der Waals surface area contributed by atoms with Crippen LogP contribution in [0.1, 0.15) is 30.8 Å². The van der Waals surface area contributed by atoms with Crippen LogP contribution in [0.15, 0.2) is 48.5 Å². The van der Waals surface area contributed by atoms with Crippen molar-refractivity contribution in [2.45, 2.75) is 31.8 Å². The molecular weight excluding hydrogens is 440 g/mol. The number of carbonyl (C=O) groups is 2. The Hall–Kier alpha value is -3.23. The summed E-state index contributed by atoms with van der Waals surface area (Å²) in [4.78, 5) is 34.3. The third kappa shape index (κ3) is 4.44. The highest BCUT2D eigenvalue weighted by Crippen LogP contribution is 2.46. The van der Waals surface area contributed by atoms with Gasteiger partial charge in [0.15, 0.2) is 0 Å². The minimum Gasteiger partial charge on any atom is -0.348 e. The quantitative estimate of drug-likeness (QED) is 0.594. The number of carbonyl (C=O) groups excluding carboxylic acids is 2. The summed E-state index contributed by atoms with van der Waals surface area (Å²) >= 11 is 0. The second kappa shape index (κ2) is 9.09. The molecular formula is C27H34N6O2. The van der Waals surface area contributed by atoms with Gasteiger partial charge in [-0.3, -0.25) is 19.4 Å². The summed E-state index contributed by atoms with van der Waals surface area (Å²) in [6.07, 6.45) is 0.913. The first kappa shape index (κ1) is 23.5. The number of anilines is 1. The number of likely N-dealkylation sites (N-methyl/N-ethyl adjacent to an activating group) is 1. The molecule has 0 radical (unpaired) electrons. The fourth-order valence-corrected chi connectivity index (χ4v) is 6.27. The zero-order chi connectivity index (χ0) is 24.7. The van der Waals surface area contributed by atoms with Gasteiger partial charge in [0.2, 0.25) is 11.8 Å². The fraction of sp³-hybridized carbons (Fsp3) is 0.444. The molecule has 0 aliphatic carbocycles. The van der Waals surface area contributed by atoms with Gasteiger partial charge in [0, 0.05) is 44.7 Å². The van der Waals surface area contributed by atoms with Crippen molar-refractivity contribution in [1.82, 2.24) is 24.7 Å². The predicted octanol–water partition coefficient (Wildman–Crippen LogP) is 2.70. The number of fused-ring (bicyclic) bond motifs is 2. The first-order valence-electron chi connectivity index (χ1n) is 12.2. The molecule has 8 heteroatoms. The average Bonchev–Trinajstić information content (AvgIpc) is 3.24. The molecule has 2 N–H and O–H groups in total. The summed E-state index contributed by atoms with van der Waals surface area (Å²) in [7, 11) is 4.12. The third-order valence-corrected chi connectivity index (χ3v) is 7.68. The Balaban J connectivity index is 1.31. The zero-order valence-corrected chi connectivity index (χ0v) is 20.9. The van der Waals surface area contributed by atoms with Gasteiger partial charge >= 0.3 is 0 Å². The van der Waals surface area contributed by atoms with Crippen molar-refractivity contribution < 1.29 is 9.59 Å². The Morgan fingerprint density at radius 3 is 2.63 bits per heavy atom. The molecule has 2 saturated heterocycles. The van der Waals surface area contributed by atoms with E-state index in [2.05, 4.69) is 56.7 Å². The topological polar surface area (TPSA) is 82.5 Å². The number of amides is 2. The average molecular weight is 475 g/mol. The van der Waals surface area contributed by atoms with E-state index in [0.717, 1.165) is 42.1 Å². The van der Waals surface area contributed by atoms with E-state index in [1.54, 1.807) is 6.92 Å². The summed E-state index contributed by atoms with van der Waals surface area (Å²) in [6, 6.07) is 16.6. The van der Waals surface area contributed by atoms with Gasteiger partial charge < -0.3 is 15.2 Å². The van der Waals surface area contributed by atoms with Crippen molar-refractivity contribution in [2.75, 3.05) is 38.5 Å². The molecule has 0 bridgehead atoms. The molecule has 2 amide bonds. The number of hydrogen-bond acceptors (Lipinski definition) is 5. The monoisotopic (exact) mass is 474 g/mol. The maximum atomic E-state index is 13.0. The van der Waals surface area contributed by atoms with E-state index in [1.165, 1.54) is 5.56 Å². The van der Waals surface area contributed by atoms with Gasteiger partial charge in [0.05, 0.1) is 23.1 Å². The van der Waals surface area contributed by atoms with Gasteiger partial charge in [-0.05, 0) is 50.7 Å². The minimum absolute atomic E-state index is 0.0256. The lowest BCUT2D eigenvalue weighted by Gasteiger charge is -2.45. The summed E-state index contributed by atoms with van der Waals surface area (Å²) < 4.78 is 2.04. The number of benzene rings is 2. The lowest BCUT2D eigenvalue weighted by molar-refractivity contribution is -0.122. The van der Waals surface area contributed by atoms with E-state index in [0.29, 0.717) is 6.54 Å². The van der Waals surface area contributed by atoms with Crippen LogP contribution in [0.25, 0.3) is 11.0 Å². The van der Waals surface area contributed by atoms with Gasteiger partial charge in [-0.25, -0.2) is 4.98 Å². The molecule has 2 aliphatic rings. The number of nitrogens with zero attached hydrogens (tertiary/aromatic N) is 4. The molecule has 184 valence electrons. The maximum absolute atomic E-state index is 13.0. The maximum Gasteiger partial charge on any atom is 0.238 e. The fourth-order valence-electron chi connectivity index (χ4n) is 6.27. The molecule has 35 heavy (non-hydrogen) atoms. The summed E-state index contributed by atoms with van der Waals surface area (Å²) in [6.45, 7) is 6.06. The number of likely N-dealkylation sites (tertiary alicyclic amines) is 2. The first-order chi connectivity index (χ1) is 16.8. The number of aromatic nitrogens is 2. The Labute approximate surface area is 206 Å². The van der Waals surface area contributed by atoms with E-state index < -0.39 is 0 Å². The summed E-state index contributed by atoms with van der Waals surface area (Å²) in [5.74, 6) is 1.14. The summed E-state index contributed by atoms with van der Waals surface area (Å²) in [5, 5.41) is 6.34.